The van der Waals surface area contributed by atoms with Crippen molar-refractivity contribution in [3.63, 3.8) is 0 Å². The summed E-state index contributed by atoms with van der Waals surface area (Å²) in [5.74, 6) is -7.74. The third kappa shape index (κ3) is 23.2. The van der Waals surface area contributed by atoms with Crippen molar-refractivity contribution in [3.05, 3.63) is 71.8 Å². The summed E-state index contributed by atoms with van der Waals surface area (Å²) in [6, 6.07) is 6.21. The molecule has 0 saturated heterocycles. The fourth-order valence-electron chi connectivity index (χ4n) is 7.67. The molecule has 0 radical (unpaired) electrons. The zero-order valence-corrected chi connectivity index (χ0v) is 45.9. The lowest BCUT2D eigenvalue weighted by atomic mass is 9.99. The molecule has 0 fully saturated rings. The second kappa shape index (κ2) is 33.3. The summed E-state index contributed by atoms with van der Waals surface area (Å²) in [4.78, 5) is 122. The molecule has 22 heteroatoms. The zero-order valence-electron chi connectivity index (χ0n) is 44.1. The van der Waals surface area contributed by atoms with Crippen LogP contribution in [0.4, 0.5) is 0 Å². The highest BCUT2D eigenvalue weighted by molar-refractivity contribution is 7.98. The van der Waals surface area contributed by atoms with Crippen molar-refractivity contribution < 1.29 is 53.4 Å². The average Bonchev–Trinajstić information content (AvgIpc) is 3.34. The number of carbonyl (C=O) groups excluding carboxylic acids is 8. The number of thiol groups is 1. The standard InChI is InChI=1S/C52H81N9O11S2/c1-29(2)22-36(45(64)56-39(26-34-18-14-11-15-19-34)47(66)58-40(52(71)72)24-31(5)6)55-46(65)38(25-33-16-12-10-13-17-33)57-49(68)41(27-62)59-50(69)42(28-73)60-51(70)43(32(7)8)61-48(67)37(23-30(3)4)54-44(63)35(53)20-21-74-9/h10-19,29-32,35-43,62,73H,20-28,53H2,1-9H3,(H,54,63)(H,55,65)(H,56,64)(H,57,68)(H,58,66)(H,59,69)(H,60,70)(H,61,67)(H,71,72)/t35-,36-,37-,38-,39-,40-,41-,42-,43-/m0/s1. The highest BCUT2D eigenvalue weighted by Gasteiger charge is 2.36. The summed E-state index contributed by atoms with van der Waals surface area (Å²) in [5, 5.41) is 41.3. The number of carboxylic acid groups (broad SMARTS) is 1. The van der Waals surface area contributed by atoms with Gasteiger partial charge in [0.2, 0.25) is 47.3 Å². The molecule has 0 spiro atoms. The largest absolute Gasteiger partial charge is 0.480 e. The van der Waals surface area contributed by atoms with Gasteiger partial charge in [-0.3, -0.25) is 38.4 Å². The van der Waals surface area contributed by atoms with E-state index in [0.717, 1.165) is 0 Å². The van der Waals surface area contributed by atoms with Crippen molar-refractivity contribution in [1.29, 1.82) is 0 Å². The second-order valence-electron chi connectivity index (χ2n) is 20.0. The van der Waals surface area contributed by atoms with Gasteiger partial charge in [-0.25, -0.2) is 4.79 Å². The van der Waals surface area contributed by atoms with Crippen LogP contribution >= 0.6 is 24.4 Å². The van der Waals surface area contributed by atoms with Crippen LogP contribution in [0.25, 0.3) is 0 Å². The van der Waals surface area contributed by atoms with Crippen molar-refractivity contribution in [2.45, 2.75) is 148 Å². The third-order valence-electron chi connectivity index (χ3n) is 11.7. The molecular weight excluding hydrogens is 991 g/mol. The highest BCUT2D eigenvalue weighted by Crippen LogP contribution is 2.14. The lowest BCUT2D eigenvalue weighted by Gasteiger charge is -2.29. The van der Waals surface area contributed by atoms with E-state index in [4.69, 9.17) is 5.73 Å². The van der Waals surface area contributed by atoms with Crippen molar-refractivity contribution in [2.75, 3.05) is 24.4 Å². The van der Waals surface area contributed by atoms with Crippen LogP contribution in [0.3, 0.4) is 0 Å². The number of carbonyl (C=O) groups is 9. The Morgan fingerprint density at radius 2 is 0.851 bits per heavy atom. The van der Waals surface area contributed by atoms with Gasteiger partial charge in [0.1, 0.15) is 48.3 Å². The van der Waals surface area contributed by atoms with E-state index >= 15 is 0 Å². The van der Waals surface area contributed by atoms with E-state index in [2.05, 4.69) is 55.2 Å². The Labute approximate surface area is 445 Å². The van der Waals surface area contributed by atoms with E-state index in [1.165, 1.54) is 11.8 Å². The van der Waals surface area contributed by atoms with Gasteiger partial charge < -0.3 is 58.5 Å². The maximum atomic E-state index is 14.3. The smallest absolute Gasteiger partial charge is 0.326 e. The van der Waals surface area contributed by atoms with Gasteiger partial charge in [0, 0.05) is 18.6 Å². The van der Waals surface area contributed by atoms with E-state index in [1.807, 2.05) is 47.8 Å². The molecule has 2 aromatic carbocycles. The lowest BCUT2D eigenvalue weighted by molar-refractivity contribution is -0.142. The first kappa shape index (κ1) is 64.4. The Bertz CT molecular complexity index is 2140. The maximum Gasteiger partial charge on any atom is 0.326 e. The van der Waals surface area contributed by atoms with Crippen LogP contribution in [0.15, 0.2) is 60.7 Å². The predicted molar refractivity (Wildman–Crippen MR) is 288 cm³/mol. The number of carboxylic acids is 1. The van der Waals surface area contributed by atoms with Crippen LogP contribution in [0, 0.1) is 23.7 Å². The van der Waals surface area contributed by atoms with Gasteiger partial charge in [-0.15, -0.1) is 0 Å². The second-order valence-corrected chi connectivity index (χ2v) is 21.4. The molecule has 0 aromatic heterocycles. The normalized spacial score (nSPS) is 15.0. The van der Waals surface area contributed by atoms with Gasteiger partial charge in [0.25, 0.3) is 0 Å². The van der Waals surface area contributed by atoms with E-state index < -0.39 is 120 Å². The molecule has 0 heterocycles. The van der Waals surface area contributed by atoms with E-state index in [-0.39, 0.29) is 55.6 Å². The molecule has 12 N–H and O–H groups in total. The first-order valence-corrected chi connectivity index (χ1v) is 27.1. The summed E-state index contributed by atoms with van der Waals surface area (Å²) < 4.78 is 0. The summed E-state index contributed by atoms with van der Waals surface area (Å²) >= 11 is 5.78. The van der Waals surface area contributed by atoms with Crippen molar-refractivity contribution in [1.82, 2.24) is 42.5 Å². The van der Waals surface area contributed by atoms with Crippen LogP contribution in [0.5, 0.6) is 0 Å². The molecule has 74 heavy (non-hydrogen) atoms. The SMILES string of the molecule is CSCC[C@H](N)C(=O)N[C@@H](CC(C)C)C(=O)N[C@H](C(=O)N[C@@H](CS)C(=O)N[C@@H](CO)C(=O)N[C@@H](Cc1ccccc1)C(=O)N[C@@H](CC(C)C)C(=O)N[C@@H](Cc1ccccc1)C(=O)N[C@@H](CC(C)C)C(=O)O)C(C)C. The fraction of sp³-hybridized carbons (Fsp3) is 0.596. The van der Waals surface area contributed by atoms with Gasteiger partial charge in [-0.05, 0) is 72.5 Å². The molecule has 0 saturated carbocycles. The van der Waals surface area contributed by atoms with Gasteiger partial charge in [0.05, 0.1) is 12.6 Å². The number of thioether (sulfide) groups is 1. The molecule has 0 aliphatic carbocycles. The van der Waals surface area contributed by atoms with Crippen LogP contribution in [-0.4, -0.2) is 142 Å². The van der Waals surface area contributed by atoms with Crippen LogP contribution in [-0.2, 0) is 56.0 Å². The average molecular weight is 1070 g/mol. The van der Waals surface area contributed by atoms with Gasteiger partial charge in [-0.1, -0.05) is 116 Å². The number of rotatable bonds is 33. The molecule has 2 aromatic rings. The van der Waals surface area contributed by atoms with Crippen LogP contribution in [0.1, 0.15) is 92.2 Å². The summed E-state index contributed by atoms with van der Waals surface area (Å²) in [6.07, 6.45) is 2.65. The Kier molecular flexibility index (Phi) is 28.9. The van der Waals surface area contributed by atoms with Crippen molar-refractivity contribution >= 4 is 77.6 Å². The highest BCUT2D eigenvalue weighted by atomic mass is 32.2. The summed E-state index contributed by atoms with van der Waals surface area (Å²) in [6.45, 7) is 13.4. The first-order valence-electron chi connectivity index (χ1n) is 25.1. The number of benzene rings is 2. The molecule has 0 bridgehead atoms. The minimum atomic E-state index is -1.66. The molecule has 8 amide bonds. The fourth-order valence-corrected chi connectivity index (χ4v) is 8.42. The molecule has 9 atom stereocenters. The number of aliphatic carboxylic acids is 1. The molecular formula is C52H81N9O11S2. The van der Waals surface area contributed by atoms with Gasteiger partial charge in [0.15, 0.2) is 0 Å². The van der Waals surface area contributed by atoms with Gasteiger partial charge >= 0.3 is 5.97 Å². The zero-order chi connectivity index (χ0) is 55.7. The number of hydrogen-bond acceptors (Lipinski definition) is 13. The van der Waals surface area contributed by atoms with Crippen molar-refractivity contribution in [3.8, 4) is 0 Å². The van der Waals surface area contributed by atoms with E-state index in [1.54, 1.807) is 74.5 Å². The Hall–Kier alpha value is -5.71. The molecule has 0 aliphatic rings. The van der Waals surface area contributed by atoms with Crippen LogP contribution < -0.4 is 48.3 Å². The van der Waals surface area contributed by atoms with E-state index in [0.29, 0.717) is 23.3 Å². The third-order valence-corrected chi connectivity index (χ3v) is 12.7. The summed E-state index contributed by atoms with van der Waals surface area (Å²) in [7, 11) is 0. The lowest BCUT2D eigenvalue weighted by Crippen LogP contribution is -2.62. The molecule has 412 valence electrons. The summed E-state index contributed by atoms with van der Waals surface area (Å²) in [5.41, 5.74) is 7.33. The molecule has 20 nitrogen and oxygen atoms in total. The number of nitrogens with one attached hydrogen (secondary N) is 8. The van der Waals surface area contributed by atoms with Gasteiger partial charge in [-0.2, -0.15) is 24.4 Å². The Morgan fingerprint density at radius 3 is 1.26 bits per heavy atom. The Balaban J connectivity index is 2.35. The number of aliphatic hydroxyl groups is 1. The topological polar surface area (TPSA) is 316 Å². The molecule has 2 rings (SSSR count). The molecule has 0 aliphatic heterocycles. The maximum absolute atomic E-state index is 14.3. The van der Waals surface area contributed by atoms with E-state index in [9.17, 15) is 53.4 Å². The minimum Gasteiger partial charge on any atom is -0.480 e. The molecule has 0 unspecified atom stereocenters. The van der Waals surface area contributed by atoms with Crippen LogP contribution in [0.2, 0.25) is 0 Å². The number of aliphatic hydroxyl groups excluding tert-OH is 1. The number of hydrogen-bond donors (Lipinski definition) is 12. The number of nitrogens with two attached hydrogens (primary N) is 1. The first-order chi connectivity index (χ1) is 34.9. The monoisotopic (exact) mass is 1070 g/mol. The van der Waals surface area contributed by atoms with Crippen molar-refractivity contribution in [2.24, 2.45) is 29.4 Å². The quantitative estimate of drug-likeness (QED) is 0.0449. The number of amides is 8. The minimum absolute atomic E-state index is 0.00311. The predicted octanol–water partition coefficient (Wildman–Crippen LogP) is 1.23. The Morgan fingerprint density at radius 1 is 0.500 bits per heavy atom.